The fourth-order valence-corrected chi connectivity index (χ4v) is 5.25. The molecule has 0 aliphatic carbocycles. The lowest BCUT2D eigenvalue weighted by atomic mass is 9.99. The second-order valence-electron chi connectivity index (χ2n) is 8.56. The average Bonchev–Trinajstić information content (AvgIpc) is 2.91. The summed E-state index contributed by atoms with van der Waals surface area (Å²) < 4.78 is 0. The number of anilines is 1. The number of hydrogen-bond acceptors (Lipinski definition) is 5. The first-order valence-corrected chi connectivity index (χ1v) is 11.1. The van der Waals surface area contributed by atoms with E-state index < -0.39 is 0 Å². The van der Waals surface area contributed by atoms with Gasteiger partial charge in [0.15, 0.2) is 0 Å². The van der Waals surface area contributed by atoms with E-state index in [1.165, 1.54) is 65.2 Å². The highest BCUT2D eigenvalue weighted by atomic mass is 32.1. The Morgan fingerprint density at radius 1 is 0.923 bits per heavy atom. The van der Waals surface area contributed by atoms with Crippen LogP contribution in [0.2, 0.25) is 0 Å². The number of thiophene rings is 1. The molecule has 4 heterocycles. The van der Waals surface area contributed by atoms with E-state index >= 15 is 0 Å². The molecule has 5 heteroatoms. The molecule has 142 valence electrons. The Balaban J connectivity index is 1.66. The normalized spacial score (nSPS) is 21.0. The molecule has 2 aliphatic rings. The van der Waals surface area contributed by atoms with Crippen molar-refractivity contribution >= 4 is 27.4 Å². The van der Waals surface area contributed by atoms with Gasteiger partial charge in [-0.05, 0) is 70.0 Å². The van der Waals surface area contributed by atoms with Crippen molar-refractivity contribution < 1.29 is 0 Å². The average molecular weight is 373 g/mol. The summed E-state index contributed by atoms with van der Waals surface area (Å²) in [6, 6.07) is 0. The van der Waals surface area contributed by atoms with Gasteiger partial charge in [0.25, 0.3) is 0 Å². The molecule has 0 unspecified atom stereocenters. The highest BCUT2D eigenvalue weighted by Crippen LogP contribution is 2.36. The van der Waals surface area contributed by atoms with Gasteiger partial charge in [-0.15, -0.1) is 11.3 Å². The molecular weight excluding hydrogens is 340 g/mol. The number of hydrogen-bond donors (Lipinski definition) is 0. The topological polar surface area (TPSA) is 32.3 Å². The number of piperidine rings is 2. The Kier molecular flexibility index (Phi) is 5.20. The summed E-state index contributed by atoms with van der Waals surface area (Å²) in [6.45, 7) is 14.7. The zero-order valence-electron chi connectivity index (χ0n) is 16.7. The molecule has 0 radical (unpaired) electrons. The van der Waals surface area contributed by atoms with Crippen molar-refractivity contribution in [1.29, 1.82) is 0 Å². The third kappa shape index (κ3) is 3.61. The minimum absolute atomic E-state index is 0.837. The van der Waals surface area contributed by atoms with Crippen LogP contribution in [0.5, 0.6) is 0 Å². The largest absolute Gasteiger partial charge is 0.356 e. The lowest BCUT2D eigenvalue weighted by Crippen LogP contribution is -2.35. The van der Waals surface area contributed by atoms with Gasteiger partial charge in [-0.3, -0.25) is 4.90 Å². The van der Waals surface area contributed by atoms with E-state index in [9.17, 15) is 0 Å². The van der Waals surface area contributed by atoms with Crippen LogP contribution in [0.25, 0.3) is 10.2 Å². The molecule has 2 aromatic rings. The fraction of sp³-hybridized carbons (Fsp3) is 0.714. The number of rotatable bonds is 3. The zero-order valence-corrected chi connectivity index (χ0v) is 17.5. The Labute approximate surface area is 161 Å². The number of likely N-dealkylation sites (tertiary alicyclic amines) is 1. The minimum atomic E-state index is 0.837. The van der Waals surface area contributed by atoms with E-state index in [1.54, 1.807) is 0 Å². The zero-order chi connectivity index (χ0) is 18.3. The lowest BCUT2D eigenvalue weighted by molar-refractivity contribution is 0.181. The Morgan fingerprint density at radius 2 is 1.54 bits per heavy atom. The highest BCUT2D eigenvalue weighted by molar-refractivity contribution is 7.18. The van der Waals surface area contributed by atoms with E-state index in [0.29, 0.717) is 0 Å². The van der Waals surface area contributed by atoms with Crippen molar-refractivity contribution in [3.05, 3.63) is 16.3 Å². The SMILES string of the molecule is Cc1sc2nc(CN3CCC(C)CC3)nc(N3CCC(C)CC3)c2c1C. The van der Waals surface area contributed by atoms with Crippen LogP contribution >= 0.6 is 11.3 Å². The quantitative estimate of drug-likeness (QED) is 0.776. The standard InChI is InChI=1S/C21H32N4S/c1-14-5-9-24(10-6-14)13-18-22-20(25-11-7-15(2)8-12-25)19-16(3)17(4)26-21(19)23-18/h14-15H,5-13H2,1-4H3. The first-order chi connectivity index (χ1) is 12.5. The van der Waals surface area contributed by atoms with E-state index in [1.807, 2.05) is 11.3 Å². The van der Waals surface area contributed by atoms with Gasteiger partial charge in [0.1, 0.15) is 16.5 Å². The van der Waals surface area contributed by atoms with Crippen LogP contribution in [0.1, 0.15) is 55.8 Å². The van der Waals surface area contributed by atoms with Crippen molar-refractivity contribution in [2.45, 2.75) is 59.9 Å². The van der Waals surface area contributed by atoms with Crippen molar-refractivity contribution in [3.63, 3.8) is 0 Å². The molecule has 26 heavy (non-hydrogen) atoms. The molecule has 2 fully saturated rings. The van der Waals surface area contributed by atoms with Gasteiger partial charge in [-0.2, -0.15) is 0 Å². The fourth-order valence-electron chi connectivity index (χ4n) is 4.21. The van der Waals surface area contributed by atoms with Gasteiger partial charge in [-0.1, -0.05) is 13.8 Å². The second kappa shape index (κ2) is 7.43. The van der Waals surface area contributed by atoms with Crippen LogP contribution < -0.4 is 4.90 Å². The van der Waals surface area contributed by atoms with Crippen LogP contribution in [0.4, 0.5) is 5.82 Å². The van der Waals surface area contributed by atoms with Gasteiger partial charge >= 0.3 is 0 Å². The third-order valence-electron chi connectivity index (χ3n) is 6.38. The van der Waals surface area contributed by atoms with Gasteiger partial charge in [-0.25, -0.2) is 9.97 Å². The lowest BCUT2D eigenvalue weighted by Gasteiger charge is -2.32. The second-order valence-corrected chi connectivity index (χ2v) is 9.76. The number of aromatic nitrogens is 2. The first-order valence-electron chi connectivity index (χ1n) is 10.2. The van der Waals surface area contributed by atoms with Gasteiger partial charge < -0.3 is 4.90 Å². The monoisotopic (exact) mass is 372 g/mol. The van der Waals surface area contributed by atoms with Crippen molar-refractivity contribution in [1.82, 2.24) is 14.9 Å². The molecule has 2 aromatic heterocycles. The molecule has 0 saturated carbocycles. The molecule has 0 amide bonds. The molecule has 0 N–H and O–H groups in total. The molecule has 0 aromatic carbocycles. The molecule has 2 aliphatic heterocycles. The molecule has 0 spiro atoms. The summed E-state index contributed by atoms with van der Waals surface area (Å²) in [6.07, 6.45) is 5.15. The molecule has 4 rings (SSSR count). The summed E-state index contributed by atoms with van der Waals surface area (Å²) in [5.74, 6) is 3.91. The van der Waals surface area contributed by atoms with Crippen LogP contribution in [-0.4, -0.2) is 41.0 Å². The third-order valence-corrected chi connectivity index (χ3v) is 7.48. The first kappa shape index (κ1) is 18.2. The summed E-state index contributed by atoms with van der Waals surface area (Å²) in [4.78, 5) is 17.7. The smallest absolute Gasteiger partial charge is 0.146 e. The van der Waals surface area contributed by atoms with Crippen molar-refractivity contribution in [3.8, 4) is 0 Å². The predicted octanol–water partition coefficient (Wildman–Crippen LogP) is 4.78. The van der Waals surface area contributed by atoms with Crippen LogP contribution in [0.3, 0.4) is 0 Å². The molecule has 2 saturated heterocycles. The summed E-state index contributed by atoms with van der Waals surface area (Å²) in [7, 11) is 0. The maximum absolute atomic E-state index is 5.12. The van der Waals surface area contributed by atoms with E-state index in [-0.39, 0.29) is 0 Å². The maximum Gasteiger partial charge on any atom is 0.146 e. The van der Waals surface area contributed by atoms with Crippen molar-refractivity contribution in [2.24, 2.45) is 11.8 Å². The predicted molar refractivity (Wildman–Crippen MR) is 111 cm³/mol. The Bertz CT molecular complexity index is 768. The summed E-state index contributed by atoms with van der Waals surface area (Å²) in [5.41, 5.74) is 1.37. The molecule has 0 atom stereocenters. The maximum atomic E-state index is 5.12. The summed E-state index contributed by atoms with van der Waals surface area (Å²) in [5, 5.41) is 1.30. The van der Waals surface area contributed by atoms with E-state index in [2.05, 4.69) is 37.5 Å². The van der Waals surface area contributed by atoms with E-state index in [4.69, 9.17) is 9.97 Å². The molecule has 0 bridgehead atoms. The van der Waals surface area contributed by atoms with Gasteiger partial charge in [0, 0.05) is 18.0 Å². The Hall–Kier alpha value is -1.20. The molecular formula is C21H32N4S. The Morgan fingerprint density at radius 3 is 2.19 bits per heavy atom. The van der Waals surface area contributed by atoms with E-state index in [0.717, 1.165) is 37.3 Å². The minimum Gasteiger partial charge on any atom is -0.356 e. The number of fused-ring (bicyclic) bond motifs is 1. The number of aryl methyl sites for hydroxylation is 2. The van der Waals surface area contributed by atoms with Crippen LogP contribution in [0, 0.1) is 25.7 Å². The molecule has 4 nitrogen and oxygen atoms in total. The number of nitrogens with zero attached hydrogens (tertiary/aromatic N) is 4. The van der Waals surface area contributed by atoms with Crippen LogP contribution in [-0.2, 0) is 6.54 Å². The van der Waals surface area contributed by atoms with Gasteiger partial charge in [0.2, 0.25) is 0 Å². The van der Waals surface area contributed by atoms with Gasteiger partial charge in [0.05, 0.1) is 11.9 Å². The summed E-state index contributed by atoms with van der Waals surface area (Å²) >= 11 is 1.84. The van der Waals surface area contributed by atoms with Crippen molar-refractivity contribution in [2.75, 3.05) is 31.1 Å². The van der Waals surface area contributed by atoms with Crippen LogP contribution in [0.15, 0.2) is 0 Å². The highest BCUT2D eigenvalue weighted by Gasteiger charge is 2.24.